The lowest BCUT2D eigenvalue weighted by atomic mass is 10.2. The standard InChI is InChI=1S/C14H11ClN2OS/c1-9-16-13(15)6-14(18)17(9)7-10-8-19-12-5-3-2-4-11(10)12/h2-6,8H,7H2,1H3. The molecule has 96 valence electrons. The Bertz CT molecular complexity index is 807. The predicted molar refractivity (Wildman–Crippen MR) is 79.2 cm³/mol. The fraction of sp³-hybridized carbons (Fsp3) is 0.143. The van der Waals surface area contributed by atoms with Crippen LogP contribution in [0.3, 0.4) is 0 Å². The van der Waals surface area contributed by atoms with Crippen LogP contribution in [0, 0.1) is 6.92 Å². The first-order chi connectivity index (χ1) is 9.15. The average molecular weight is 291 g/mol. The molecule has 0 atom stereocenters. The molecule has 0 saturated carbocycles. The van der Waals surface area contributed by atoms with E-state index in [2.05, 4.69) is 22.5 Å². The average Bonchev–Trinajstić information content (AvgIpc) is 2.77. The van der Waals surface area contributed by atoms with E-state index in [-0.39, 0.29) is 10.7 Å². The molecule has 0 unspecified atom stereocenters. The highest BCUT2D eigenvalue weighted by molar-refractivity contribution is 7.17. The Morgan fingerprint density at radius 3 is 2.95 bits per heavy atom. The van der Waals surface area contributed by atoms with Crippen LogP contribution in [0.5, 0.6) is 0 Å². The number of hydrogen-bond donors (Lipinski definition) is 0. The van der Waals surface area contributed by atoms with E-state index in [4.69, 9.17) is 11.6 Å². The summed E-state index contributed by atoms with van der Waals surface area (Å²) in [6.07, 6.45) is 0. The third kappa shape index (κ3) is 2.29. The van der Waals surface area contributed by atoms with E-state index in [1.807, 2.05) is 12.1 Å². The molecule has 3 aromatic rings. The van der Waals surface area contributed by atoms with Crippen molar-refractivity contribution in [2.75, 3.05) is 0 Å². The fourth-order valence-electron chi connectivity index (χ4n) is 2.10. The summed E-state index contributed by atoms with van der Waals surface area (Å²) in [5, 5.41) is 3.52. The summed E-state index contributed by atoms with van der Waals surface area (Å²) in [6, 6.07) is 9.53. The second kappa shape index (κ2) is 4.79. The number of benzene rings is 1. The number of hydrogen-bond acceptors (Lipinski definition) is 3. The van der Waals surface area contributed by atoms with Gasteiger partial charge in [-0.3, -0.25) is 9.36 Å². The molecule has 0 radical (unpaired) electrons. The number of halogens is 1. The molecule has 0 spiro atoms. The summed E-state index contributed by atoms with van der Waals surface area (Å²) in [7, 11) is 0. The number of nitrogens with zero attached hydrogens (tertiary/aromatic N) is 2. The summed E-state index contributed by atoms with van der Waals surface area (Å²) >= 11 is 7.46. The minimum absolute atomic E-state index is 0.118. The minimum Gasteiger partial charge on any atom is -0.292 e. The maximum absolute atomic E-state index is 12.0. The third-order valence-electron chi connectivity index (χ3n) is 3.06. The zero-order valence-electron chi connectivity index (χ0n) is 10.3. The van der Waals surface area contributed by atoms with Crippen molar-refractivity contribution in [3.05, 3.63) is 62.6 Å². The molecule has 0 saturated heterocycles. The molecule has 0 N–H and O–H groups in total. The van der Waals surface area contributed by atoms with Crippen LogP contribution in [0.4, 0.5) is 0 Å². The van der Waals surface area contributed by atoms with Gasteiger partial charge in [0.05, 0.1) is 6.54 Å². The molecular formula is C14H11ClN2OS. The summed E-state index contributed by atoms with van der Waals surface area (Å²) in [5.74, 6) is 0.632. The summed E-state index contributed by atoms with van der Waals surface area (Å²) in [5.41, 5.74) is 1.02. The van der Waals surface area contributed by atoms with Crippen molar-refractivity contribution >= 4 is 33.0 Å². The van der Waals surface area contributed by atoms with E-state index < -0.39 is 0 Å². The van der Waals surface area contributed by atoms with Gasteiger partial charge in [0.1, 0.15) is 11.0 Å². The van der Waals surface area contributed by atoms with Crippen LogP contribution >= 0.6 is 22.9 Å². The van der Waals surface area contributed by atoms with Gasteiger partial charge < -0.3 is 0 Å². The van der Waals surface area contributed by atoms with Gasteiger partial charge in [-0.1, -0.05) is 29.8 Å². The summed E-state index contributed by atoms with van der Waals surface area (Å²) < 4.78 is 2.87. The quantitative estimate of drug-likeness (QED) is 0.677. The van der Waals surface area contributed by atoms with E-state index >= 15 is 0 Å². The van der Waals surface area contributed by atoms with Crippen molar-refractivity contribution in [1.82, 2.24) is 9.55 Å². The Balaban J connectivity index is 2.09. The van der Waals surface area contributed by atoms with E-state index in [9.17, 15) is 4.79 Å². The Hall–Kier alpha value is -1.65. The summed E-state index contributed by atoms with van der Waals surface area (Å²) in [4.78, 5) is 16.1. The third-order valence-corrected chi connectivity index (χ3v) is 4.26. The number of rotatable bonds is 2. The highest BCUT2D eigenvalue weighted by atomic mass is 35.5. The molecule has 19 heavy (non-hydrogen) atoms. The Morgan fingerprint density at radius 2 is 2.16 bits per heavy atom. The van der Waals surface area contributed by atoms with E-state index in [1.54, 1.807) is 22.8 Å². The second-order valence-electron chi connectivity index (χ2n) is 4.31. The lowest BCUT2D eigenvalue weighted by Crippen LogP contribution is -2.23. The van der Waals surface area contributed by atoms with E-state index in [1.165, 1.54) is 16.2 Å². The topological polar surface area (TPSA) is 34.9 Å². The predicted octanol–water partition coefficient (Wildman–Crippen LogP) is 3.47. The van der Waals surface area contributed by atoms with Crippen LogP contribution in [-0.2, 0) is 6.54 Å². The monoisotopic (exact) mass is 290 g/mol. The highest BCUT2D eigenvalue weighted by Crippen LogP contribution is 2.26. The molecule has 0 fully saturated rings. The van der Waals surface area contributed by atoms with E-state index in [0.717, 1.165) is 5.56 Å². The lowest BCUT2D eigenvalue weighted by Gasteiger charge is -2.08. The molecule has 0 aliphatic heterocycles. The number of thiophene rings is 1. The van der Waals surface area contributed by atoms with Gasteiger partial charge in [0.25, 0.3) is 5.56 Å². The first kappa shape index (κ1) is 12.4. The Kier molecular flexibility index (Phi) is 3.12. The van der Waals surface area contributed by atoms with Gasteiger partial charge in [-0.15, -0.1) is 11.3 Å². The molecule has 1 aromatic carbocycles. The molecule has 0 amide bonds. The van der Waals surface area contributed by atoms with Crippen LogP contribution in [0.2, 0.25) is 5.15 Å². The first-order valence-corrected chi connectivity index (χ1v) is 7.10. The zero-order chi connectivity index (χ0) is 13.4. The summed E-state index contributed by atoms with van der Waals surface area (Å²) in [6.45, 7) is 2.32. The highest BCUT2D eigenvalue weighted by Gasteiger charge is 2.08. The fourth-order valence-corrected chi connectivity index (χ4v) is 3.27. The maximum atomic E-state index is 12.0. The van der Waals surface area contributed by atoms with Gasteiger partial charge in [-0.25, -0.2) is 4.98 Å². The van der Waals surface area contributed by atoms with Gasteiger partial charge in [-0.05, 0) is 29.3 Å². The lowest BCUT2D eigenvalue weighted by molar-refractivity contribution is 0.705. The molecular weight excluding hydrogens is 280 g/mol. The van der Waals surface area contributed by atoms with Crippen LogP contribution in [-0.4, -0.2) is 9.55 Å². The number of fused-ring (bicyclic) bond motifs is 1. The van der Waals surface area contributed by atoms with E-state index in [0.29, 0.717) is 12.4 Å². The molecule has 3 nitrogen and oxygen atoms in total. The smallest absolute Gasteiger partial charge is 0.255 e. The Morgan fingerprint density at radius 1 is 1.37 bits per heavy atom. The van der Waals surface area contributed by atoms with Crippen molar-refractivity contribution in [1.29, 1.82) is 0 Å². The largest absolute Gasteiger partial charge is 0.292 e. The van der Waals surface area contributed by atoms with Gasteiger partial charge in [0.15, 0.2) is 0 Å². The normalized spacial score (nSPS) is 11.1. The molecule has 2 aromatic heterocycles. The number of aromatic nitrogens is 2. The molecule has 3 rings (SSSR count). The van der Waals surface area contributed by atoms with Crippen LogP contribution in [0.25, 0.3) is 10.1 Å². The van der Waals surface area contributed by atoms with Gasteiger partial charge in [-0.2, -0.15) is 0 Å². The number of aryl methyl sites for hydroxylation is 1. The SMILES string of the molecule is Cc1nc(Cl)cc(=O)n1Cc1csc2ccccc12. The molecule has 0 aliphatic rings. The van der Waals surface area contributed by atoms with Gasteiger partial charge in [0, 0.05) is 10.8 Å². The van der Waals surface area contributed by atoms with Crippen molar-refractivity contribution < 1.29 is 0 Å². The van der Waals surface area contributed by atoms with Crippen LogP contribution in [0.15, 0.2) is 40.5 Å². The van der Waals surface area contributed by atoms with Crippen LogP contribution in [0.1, 0.15) is 11.4 Å². The molecule has 0 aliphatic carbocycles. The van der Waals surface area contributed by atoms with Crippen molar-refractivity contribution in [3.8, 4) is 0 Å². The molecule has 0 bridgehead atoms. The first-order valence-electron chi connectivity index (χ1n) is 5.84. The van der Waals surface area contributed by atoms with Crippen LogP contribution < -0.4 is 5.56 Å². The molecule has 2 heterocycles. The zero-order valence-corrected chi connectivity index (χ0v) is 11.8. The van der Waals surface area contributed by atoms with Gasteiger partial charge >= 0.3 is 0 Å². The maximum Gasteiger partial charge on any atom is 0.255 e. The van der Waals surface area contributed by atoms with Crippen molar-refractivity contribution in [2.24, 2.45) is 0 Å². The van der Waals surface area contributed by atoms with Crippen molar-refractivity contribution in [3.63, 3.8) is 0 Å². The van der Waals surface area contributed by atoms with Gasteiger partial charge in [0.2, 0.25) is 0 Å². The van der Waals surface area contributed by atoms with Crippen molar-refractivity contribution in [2.45, 2.75) is 13.5 Å². The molecule has 5 heteroatoms. The second-order valence-corrected chi connectivity index (χ2v) is 5.61. The Labute approximate surface area is 119 Å². The minimum atomic E-state index is -0.118.